The molecule has 2 aromatic rings. The van der Waals surface area contributed by atoms with E-state index < -0.39 is 13.0 Å². The number of hydrogen-bond donors (Lipinski definition) is 2. The van der Waals surface area contributed by atoms with Gasteiger partial charge in [0.15, 0.2) is 0 Å². The third-order valence-electron chi connectivity index (χ3n) is 2.08. The molecule has 0 aliphatic carbocycles. The molecule has 1 aromatic carbocycles. The molecule has 0 spiro atoms. The fraction of sp³-hybridized carbons (Fsp3) is 0.200. The molecule has 6 heteroatoms. The minimum atomic E-state index is -2.42. The molecule has 0 atom stereocenters. The number of aromatic nitrogens is 2. The van der Waals surface area contributed by atoms with E-state index in [9.17, 15) is 8.78 Å². The Morgan fingerprint density at radius 1 is 1.31 bits per heavy atom. The number of anilines is 2. The van der Waals surface area contributed by atoms with Crippen LogP contribution in [0, 0.1) is 0 Å². The number of hydrogen-bond acceptors (Lipinski definition) is 4. The largest absolute Gasteiger partial charge is 0.399 e. The van der Waals surface area contributed by atoms with Crippen LogP contribution in [0.5, 0.6) is 0 Å². The maximum atomic E-state index is 12.1. The number of nitrogens with one attached hydrogen (secondary N) is 1. The van der Waals surface area contributed by atoms with Gasteiger partial charge >= 0.3 is 0 Å². The van der Waals surface area contributed by atoms with E-state index in [1.54, 1.807) is 18.2 Å². The first-order valence-electron chi connectivity index (χ1n) is 4.69. The first-order valence-corrected chi connectivity index (χ1v) is 4.69. The van der Waals surface area contributed by atoms with Gasteiger partial charge in [-0.3, -0.25) is 0 Å². The summed E-state index contributed by atoms with van der Waals surface area (Å²) in [7, 11) is 0. The molecule has 4 nitrogen and oxygen atoms in total. The fourth-order valence-electron chi connectivity index (χ4n) is 1.39. The van der Waals surface area contributed by atoms with Gasteiger partial charge in [-0.05, 0) is 18.2 Å². The fourth-order valence-corrected chi connectivity index (χ4v) is 1.39. The van der Waals surface area contributed by atoms with Gasteiger partial charge in [-0.25, -0.2) is 18.7 Å². The molecule has 0 aliphatic rings. The van der Waals surface area contributed by atoms with Crippen LogP contribution in [0.3, 0.4) is 0 Å². The van der Waals surface area contributed by atoms with Crippen molar-refractivity contribution in [2.75, 3.05) is 17.6 Å². The van der Waals surface area contributed by atoms with E-state index in [1.807, 2.05) is 0 Å². The Balaban J connectivity index is 2.38. The zero-order valence-corrected chi connectivity index (χ0v) is 8.32. The lowest BCUT2D eigenvalue weighted by atomic mass is 10.2. The van der Waals surface area contributed by atoms with E-state index in [0.29, 0.717) is 22.4 Å². The number of fused-ring (bicyclic) bond motifs is 1. The molecule has 0 aliphatic heterocycles. The van der Waals surface area contributed by atoms with Crippen LogP contribution in [0.4, 0.5) is 20.3 Å². The summed E-state index contributed by atoms with van der Waals surface area (Å²) in [6, 6.07) is 5.06. The highest BCUT2D eigenvalue weighted by Crippen LogP contribution is 2.21. The zero-order valence-electron chi connectivity index (χ0n) is 8.32. The van der Waals surface area contributed by atoms with E-state index >= 15 is 0 Å². The first kappa shape index (κ1) is 10.5. The summed E-state index contributed by atoms with van der Waals surface area (Å²) in [5.74, 6) is 0.394. The molecule has 1 aromatic heterocycles. The second kappa shape index (κ2) is 4.26. The Labute approximate surface area is 90.5 Å². The van der Waals surface area contributed by atoms with E-state index in [1.165, 1.54) is 6.33 Å². The minimum Gasteiger partial charge on any atom is -0.399 e. The Hall–Kier alpha value is -1.98. The molecule has 84 valence electrons. The molecule has 0 bridgehead atoms. The van der Waals surface area contributed by atoms with E-state index in [2.05, 4.69) is 15.3 Å². The van der Waals surface area contributed by atoms with E-state index in [4.69, 9.17) is 5.73 Å². The molecule has 16 heavy (non-hydrogen) atoms. The molecular formula is C10H10F2N4. The second-order valence-electron chi connectivity index (χ2n) is 3.27. The molecular weight excluding hydrogens is 214 g/mol. The monoisotopic (exact) mass is 224 g/mol. The summed E-state index contributed by atoms with van der Waals surface area (Å²) in [6.45, 7) is -0.434. The summed E-state index contributed by atoms with van der Waals surface area (Å²) >= 11 is 0. The van der Waals surface area contributed by atoms with Crippen molar-refractivity contribution in [1.82, 2.24) is 9.97 Å². The summed E-state index contributed by atoms with van der Waals surface area (Å²) < 4.78 is 24.1. The van der Waals surface area contributed by atoms with Gasteiger partial charge in [-0.1, -0.05) is 0 Å². The van der Waals surface area contributed by atoms with E-state index in [-0.39, 0.29) is 0 Å². The van der Waals surface area contributed by atoms with Crippen molar-refractivity contribution >= 4 is 22.4 Å². The van der Waals surface area contributed by atoms with Crippen LogP contribution in [0.2, 0.25) is 0 Å². The number of benzene rings is 1. The summed E-state index contributed by atoms with van der Waals surface area (Å²) in [5.41, 5.74) is 6.80. The third-order valence-corrected chi connectivity index (χ3v) is 2.08. The Morgan fingerprint density at radius 2 is 2.12 bits per heavy atom. The molecule has 3 N–H and O–H groups in total. The van der Waals surface area contributed by atoms with Crippen molar-refractivity contribution in [2.24, 2.45) is 0 Å². The van der Waals surface area contributed by atoms with Crippen molar-refractivity contribution in [3.05, 3.63) is 24.5 Å². The molecule has 0 amide bonds. The Morgan fingerprint density at radius 3 is 2.88 bits per heavy atom. The van der Waals surface area contributed by atoms with Crippen molar-refractivity contribution in [1.29, 1.82) is 0 Å². The number of rotatable bonds is 3. The van der Waals surface area contributed by atoms with Crippen molar-refractivity contribution < 1.29 is 8.78 Å². The Bertz CT molecular complexity index is 501. The molecule has 0 saturated heterocycles. The van der Waals surface area contributed by atoms with Crippen molar-refractivity contribution in [2.45, 2.75) is 6.43 Å². The molecule has 1 heterocycles. The summed E-state index contributed by atoms with van der Waals surface area (Å²) in [4.78, 5) is 7.92. The van der Waals surface area contributed by atoms with Crippen LogP contribution in [0.1, 0.15) is 0 Å². The lowest BCUT2D eigenvalue weighted by molar-refractivity contribution is 0.163. The molecule has 2 rings (SSSR count). The standard InChI is InChI=1S/C10H10F2N4/c11-9(12)4-14-10-7-2-1-6(13)3-8(7)15-5-16-10/h1-3,5,9H,4,13H2,(H,14,15,16). The number of nitrogen functional groups attached to an aromatic ring is 1. The average molecular weight is 224 g/mol. The van der Waals surface area contributed by atoms with Crippen LogP contribution in [-0.2, 0) is 0 Å². The van der Waals surface area contributed by atoms with Gasteiger partial charge in [0.25, 0.3) is 6.43 Å². The predicted octanol–water partition coefficient (Wildman–Crippen LogP) is 1.89. The maximum absolute atomic E-state index is 12.1. The highest BCUT2D eigenvalue weighted by Gasteiger charge is 2.06. The minimum absolute atomic E-state index is 0.394. The highest BCUT2D eigenvalue weighted by atomic mass is 19.3. The van der Waals surface area contributed by atoms with Crippen LogP contribution in [0.15, 0.2) is 24.5 Å². The molecule has 0 radical (unpaired) electrons. The second-order valence-corrected chi connectivity index (χ2v) is 3.27. The van der Waals surface area contributed by atoms with Gasteiger partial charge in [0, 0.05) is 11.1 Å². The maximum Gasteiger partial charge on any atom is 0.255 e. The van der Waals surface area contributed by atoms with Gasteiger partial charge in [-0.15, -0.1) is 0 Å². The van der Waals surface area contributed by atoms with Crippen LogP contribution in [0.25, 0.3) is 10.9 Å². The smallest absolute Gasteiger partial charge is 0.255 e. The number of alkyl halides is 2. The topological polar surface area (TPSA) is 63.8 Å². The number of nitrogens with zero attached hydrogens (tertiary/aromatic N) is 2. The third kappa shape index (κ3) is 2.16. The van der Waals surface area contributed by atoms with Crippen LogP contribution >= 0.6 is 0 Å². The lowest BCUT2D eigenvalue weighted by Gasteiger charge is -2.07. The van der Waals surface area contributed by atoms with Gasteiger partial charge < -0.3 is 11.1 Å². The lowest BCUT2D eigenvalue weighted by Crippen LogP contribution is -2.11. The van der Waals surface area contributed by atoms with Gasteiger partial charge in [-0.2, -0.15) is 0 Å². The molecule has 0 fully saturated rings. The Kier molecular flexibility index (Phi) is 2.80. The quantitative estimate of drug-likeness (QED) is 0.781. The van der Waals surface area contributed by atoms with Gasteiger partial charge in [0.1, 0.15) is 12.1 Å². The highest BCUT2D eigenvalue weighted by molar-refractivity contribution is 5.90. The SMILES string of the molecule is Nc1ccc2c(NCC(F)F)ncnc2c1. The normalized spacial score (nSPS) is 10.9. The van der Waals surface area contributed by atoms with Gasteiger partial charge in [0.05, 0.1) is 12.1 Å². The predicted molar refractivity (Wildman–Crippen MR) is 58.4 cm³/mol. The van der Waals surface area contributed by atoms with E-state index in [0.717, 1.165) is 0 Å². The average Bonchev–Trinajstić information content (AvgIpc) is 2.25. The first-order chi connectivity index (χ1) is 7.66. The zero-order chi connectivity index (χ0) is 11.5. The molecule has 0 unspecified atom stereocenters. The van der Waals surface area contributed by atoms with Crippen LogP contribution < -0.4 is 11.1 Å². The van der Waals surface area contributed by atoms with Crippen LogP contribution in [-0.4, -0.2) is 22.9 Å². The number of nitrogens with two attached hydrogens (primary N) is 1. The molecule has 0 saturated carbocycles. The van der Waals surface area contributed by atoms with Gasteiger partial charge in [0.2, 0.25) is 0 Å². The van der Waals surface area contributed by atoms with Crippen molar-refractivity contribution in [3.63, 3.8) is 0 Å². The van der Waals surface area contributed by atoms with Crippen molar-refractivity contribution in [3.8, 4) is 0 Å². The summed E-state index contributed by atoms with van der Waals surface area (Å²) in [6.07, 6.45) is -1.10. The summed E-state index contributed by atoms with van der Waals surface area (Å²) in [5, 5.41) is 3.24. The number of halogens is 2.